The molecule has 3 saturated heterocycles. The number of benzene rings is 2. The molecule has 1 amide bonds. The van der Waals surface area contributed by atoms with E-state index < -0.39 is 0 Å². The molecule has 3 aliphatic rings. The zero-order valence-corrected chi connectivity index (χ0v) is 19.4. The molecule has 1 N–H and O–H groups in total. The molecule has 2 bridgehead atoms. The van der Waals surface area contributed by atoms with Gasteiger partial charge in [-0.3, -0.25) is 14.6 Å². The first-order chi connectivity index (χ1) is 16.1. The number of aromatic hydroxyl groups is 1. The summed E-state index contributed by atoms with van der Waals surface area (Å²) >= 11 is 0. The first-order valence-electron chi connectivity index (χ1n) is 12.4. The minimum absolute atomic E-state index is 0.0641. The normalized spacial score (nSPS) is 24.5. The Morgan fingerprint density at radius 1 is 1.00 bits per heavy atom. The summed E-state index contributed by atoms with van der Waals surface area (Å²) in [5, 5.41) is 10.3. The zero-order valence-electron chi connectivity index (χ0n) is 19.4. The van der Waals surface area contributed by atoms with Crippen molar-refractivity contribution in [1.82, 2.24) is 14.7 Å². The van der Waals surface area contributed by atoms with E-state index in [4.69, 9.17) is 0 Å². The van der Waals surface area contributed by atoms with E-state index in [9.17, 15) is 9.90 Å². The number of hydrogen-bond acceptors (Lipinski definition) is 4. The van der Waals surface area contributed by atoms with Gasteiger partial charge in [0, 0.05) is 50.4 Å². The lowest BCUT2D eigenvalue weighted by Gasteiger charge is -2.53. The molecule has 0 saturated carbocycles. The van der Waals surface area contributed by atoms with Gasteiger partial charge in [-0.2, -0.15) is 0 Å². The molecule has 5 nitrogen and oxygen atoms in total. The molecular formula is C28H35N3O2. The Morgan fingerprint density at radius 2 is 1.70 bits per heavy atom. The van der Waals surface area contributed by atoms with Crippen molar-refractivity contribution >= 4 is 5.91 Å². The van der Waals surface area contributed by atoms with Crippen LogP contribution < -0.4 is 0 Å². The molecule has 2 aromatic rings. The smallest absolute Gasteiger partial charge is 0.253 e. The van der Waals surface area contributed by atoms with Crippen molar-refractivity contribution in [2.75, 3.05) is 32.7 Å². The predicted octanol–water partition coefficient (Wildman–Crippen LogP) is 4.44. The Labute approximate surface area is 197 Å². The molecule has 3 heterocycles. The first kappa shape index (κ1) is 22.2. The molecule has 0 radical (unpaired) electrons. The molecule has 3 unspecified atom stereocenters. The molecule has 0 spiro atoms. The van der Waals surface area contributed by atoms with Crippen LogP contribution in [0.15, 0.2) is 61.2 Å². The van der Waals surface area contributed by atoms with Crippen LogP contribution >= 0.6 is 0 Å². The van der Waals surface area contributed by atoms with E-state index in [1.54, 1.807) is 6.07 Å². The van der Waals surface area contributed by atoms with Gasteiger partial charge in [0.1, 0.15) is 5.75 Å². The SMILES string of the molecule is C=CCN1CC2CCCC(C1)N2C(c1ccc(C(=O)N2CCCC2)cc1)c1cccc(O)c1. The second kappa shape index (κ2) is 9.70. The second-order valence-electron chi connectivity index (χ2n) is 9.81. The van der Waals surface area contributed by atoms with Gasteiger partial charge in [0.05, 0.1) is 6.04 Å². The minimum Gasteiger partial charge on any atom is -0.508 e. The summed E-state index contributed by atoms with van der Waals surface area (Å²) in [5.41, 5.74) is 3.07. The standard InChI is InChI=1S/C28H35N3O2/c1-2-15-29-19-24-8-6-9-25(20-29)31(24)27(23-7-5-10-26(32)18-23)21-11-13-22(14-12-21)28(33)30-16-3-4-17-30/h2,5,7,10-14,18,24-25,27,32H,1,3-4,6,8-9,15-17,19-20H2. The Balaban J connectivity index is 1.48. The van der Waals surface area contributed by atoms with Gasteiger partial charge in [-0.25, -0.2) is 0 Å². The number of piperazine rings is 1. The number of nitrogens with zero attached hydrogens (tertiary/aromatic N) is 3. The van der Waals surface area contributed by atoms with Crippen molar-refractivity contribution in [3.63, 3.8) is 0 Å². The average Bonchev–Trinajstić information content (AvgIpc) is 3.35. The summed E-state index contributed by atoms with van der Waals surface area (Å²) in [5.74, 6) is 0.441. The predicted molar refractivity (Wildman–Crippen MR) is 131 cm³/mol. The molecule has 3 aliphatic heterocycles. The van der Waals surface area contributed by atoms with Gasteiger partial charge in [-0.15, -0.1) is 6.58 Å². The Bertz CT molecular complexity index is 969. The highest BCUT2D eigenvalue weighted by Crippen LogP contribution is 2.40. The van der Waals surface area contributed by atoms with Crippen LogP contribution in [0.1, 0.15) is 59.6 Å². The maximum Gasteiger partial charge on any atom is 0.253 e. The van der Waals surface area contributed by atoms with Crippen LogP contribution in [0.2, 0.25) is 0 Å². The van der Waals surface area contributed by atoms with Crippen molar-refractivity contribution in [3.8, 4) is 5.75 Å². The summed E-state index contributed by atoms with van der Waals surface area (Å²) in [4.78, 5) is 20.0. The maximum absolute atomic E-state index is 12.9. The Hall–Kier alpha value is -2.63. The van der Waals surface area contributed by atoms with Crippen molar-refractivity contribution in [2.24, 2.45) is 0 Å². The van der Waals surface area contributed by atoms with Crippen molar-refractivity contribution in [1.29, 1.82) is 0 Å². The van der Waals surface area contributed by atoms with Gasteiger partial charge in [0.25, 0.3) is 5.91 Å². The van der Waals surface area contributed by atoms with Crippen LogP contribution in [0.3, 0.4) is 0 Å². The zero-order chi connectivity index (χ0) is 22.8. The van der Waals surface area contributed by atoms with E-state index in [0.717, 1.165) is 56.7 Å². The molecular weight excluding hydrogens is 410 g/mol. The second-order valence-corrected chi connectivity index (χ2v) is 9.81. The number of fused-ring (bicyclic) bond motifs is 2. The Kier molecular flexibility index (Phi) is 6.52. The minimum atomic E-state index is 0.0641. The van der Waals surface area contributed by atoms with Gasteiger partial charge < -0.3 is 10.0 Å². The lowest BCUT2D eigenvalue weighted by atomic mass is 9.85. The number of rotatable bonds is 6. The molecule has 5 heteroatoms. The Morgan fingerprint density at radius 3 is 2.33 bits per heavy atom. The van der Waals surface area contributed by atoms with Gasteiger partial charge >= 0.3 is 0 Å². The largest absolute Gasteiger partial charge is 0.508 e. The number of carbonyl (C=O) groups is 1. The summed E-state index contributed by atoms with van der Waals surface area (Å²) in [7, 11) is 0. The van der Waals surface area contributed by atoms with Gasteiger partial charge in [0.15, 0.2) is 0 Å². The monoisotopic (exact) mass is 445 g/mol. The van der Waals surface area contributed by atoms with Gasteiger partial charge in [-0.05, 0) is 61.1 Å². The summed E-state index contributed by atoms with van der Waals surface area (Å²) in [6.45, 7) is 8.70. The molecule has 33 heavy (non-hydrogen) atoms. The summed E-state index contributed by atoms with van der Waals surface area (Å²) < 4.78 is 0. The highest BCUT2D eigenvalue weighted by Gasteiger charge is 2.41. The topological polar surface area (TPSA) is 47.0 Å². The summed E-state index contributed by atoms with van der Waals surface area (Å²) in [6.07, 6.45) is 7.85. The number of hydrogen-bond donors (Lipinski definition) is 1. The lowest BCUT2D eigenvalue weighted by molar-refractivity contribution is -0.0250. The van der Waals surface area contributed by atoms with E-state index in [-0.39, 0.29) is 11.9 Å². The number of phenols is 1. The lowest BCUT2D eigenvalue weighted by Crippen LogP contribution is -2.61. The molecule has 0 aromatic heterocycles. The molecule has 2 aromatic carbocycles. The van der Waals surface area contributed by atoms with Crippen LogP contribution in [0, 0.1) is 0 Å². The third-order valence-electron chi connectivity index (χ3n) is 7.59. The third-order valence-corrected chi connectivity index (χ3v) is 7.59. The van der Waals surface area contributed by atoms with Gasteiger partial charge in [0.2, 0.25) is 0 Å². The van der Waals surface area contributed by atoms with E-state index in [1.165, 1.54) is 24.8 Å². The fourth-order valence-electron chi connectivity index (χ4n) is 6.12. The summed E-state index contributed by atoms with van der Waals surface area (Å²) in [6, 6.07) is 17.0. The van der Waals surface area contributed by atoms with E-state index in [0.29, 0.717) is 17.8 Å². The van der Waals surface area contributed by atoms with Crippen LogP contribution in [-0.2, 0) is 0 Å². The third kappa shape index (κ3) is 4.57. The number of piperidine rings is 1. The molecule has 5 rings (SSSR count). The molecule has 174 valence electrons. The van der Waals surface area contributed by atoms with Crippen molar-refractivity contribution in [3.05, 3.63) is 77.9 Å². The average molecular weight is 446 g/mol. The van der Waals surface area contributed by atoms with E-state index in [2.05, 4.69) is 34.6 Å². The fourth-order valence-corrected chi connectivity index (χ4v) is 6.12. The van der Waals surface area contributed by atoms with Crippen LogP contribution in [0.5, 0.6) is 5.75 Å². The maximum atomic E-state index is 12.9. The molecule has 0 aliphatic carbocycles. The quantitative estimate of drug-likeness (QED) is 0.668. The van der Waals surface area contributed by atoms with Gasteiger partial charge in [-0.1, -0.05) is 36.8 Å². The number of phenolic OH excluding ortho intramolecular Hbond substituents is 1. The van der Waals surface area contributed by atoms with Crippen molar-refractivity contribution < 1.29 is 9.90 Å². The fraction of sp³-hybridized carbons (Fsp3) is 0.464. The van der Waals surface area contributed by atoms with Crippen LogP contribution in [0.25, 0.3) is 0 Å². The number of amides is 1. The number of carbonyl (C=O) groups excluding carboxylic acids is 1. The van der Waals surface area contributed by atoms with Crippen LogP contribution in [-0.4, -0.2) is 70.5 Å². The van der Waals surface area contributed by atoms with E-state index >= 15 is 0 Å². The number of likely N-dealkylation sites (tertiary alicyclic amines) is 2. The van der Waals surface area contributed by atoms with Crippen molar-refractivity contribution in [2.45, 2.75) is 50.2 Å². The highest BCUT2D eigenvalue weighted by atomic mass is 16.3. The highest BCUT2D eigenvalue weighted by molar-refractivity contribution is 5.94. The molecule has 3 atom stereocenters. The van der Waals surface area contributed by atoms with Crippen LogP contribution in [0.4, 0.5) is 0 Å². The first-order valence-corrected chi connectivity index (χ1v) is 12.4. The molecule has 3 fully saturated rings. The van der Waals surface area contributed by atoms with E-state index in [1.807, 2.05) is 35.2 Å².